The van der Waals surface area contributed by atoms with Crippen molar-refractivity contribution in [2.75, 3.05) is 5.73 Å². The molecule has 2 N–H and O–H groups in total. The van der Waals surface area contributed by atoms with Crippen LogP contribution >= 0.6 is 0 Å². The zero-order valence-electron chi connectivity index (χ0n) is 12.9. The first kappa shape index (κ1) is 16.2. The van der Waals surface area contributed by atoms with Gasteiger partial charge in [-0.05, 0) is 18.2 Å². The third-order valence-corrected chi connectivity index (χ3v) is 3.87. The predicted molar refractivity (Wildman–Crippen MR) is 92.6 cm³/mol. The maximum atomic E-state index is 14.3. The van der Waals surface area contributed by atoms with Gasteiger partial charge in [0.05, 0.1) is 18.2 Å². The summed E-state index contributed by atoms with van der Waals surface area (Å²) in [6.07, 6.45) is 0. The van der Waals surface area contributed by atoms with Crippen LogP contribution in [0.4, 0.5) is 20.2 Å². The van der Waals surface area contributed by atoms with E-state index in [-0.39, 0.29) is 28.1 Å². The third kappa shape index (κ3) is 2.91. The van der Waals surface area contributed by atoms with Crippen molar-refractivity contribution in [1.29, 1.82) is 5.26 Å². The summed E-state index contributed by atoms with van der Waals surface area (Å²) < 4.78 is 28.6. The van der Waals surface area contributed by atoms with Crippen LogP contribution in [0.15, 0.2) is 54.6 Å². The van der Waals surface area contributed by atoms with Crippen molar-refractivity contribution in [1.82, 2.24) is 0 Å². The average Bonchev–Trinajstić information content (AvgIpc) is 2.62. The van der Waals surface area contributed by atoms with Crippen molar-refractivity contribution in [3.8, 4) is 28.3 Å². The second-order valence-corrected chi connectivity index (χ2v) is 5.35. The monoisotopic (exact) mass is 331 g/mol. The average molecular weight is 331 g/mol. The molecule has 0 amide bonds. The molecular formula is C20H11F2N3. The maximum Gasteiger partial charge on any atom is 0.190 e. The van der Waals surface area contributed by atoms with Crippen molar-refractivity contribution in [3.05, 3.63) is 83.2 Å². The molecule has 3 aromatic carbocycles. The van der Waals surface area contributed by atoms with E-state index in [1.54, 1.807) is 18.2 Å². The number of para-hydroxylation sites is 1. The Kier molecular flexibility index (Phi) is 4.16. The standard InChI is InChI=1S/C20H11F2N3/c1-25-13-6-8-15(19(22)10-13)17-4-2-3-16(20(17)24)14-7-5-12(11-23)9-18(14)21/h2-10H,24H2. The van der Waals surface area contributed by atoms with Gasteiger partial charge in [-0.15, -0.1) is 0 Å². The second-order valence-electron chi connectivity index (χ2n) is 5.35. The molecule has 120 valence electrons. The fourth-order valence-electron chi connectivity index (χ4n) is 2.63. The van der Waals surface area contributed by atoms with E-state index in [1.807, 2.05) is 6.07 Å². The number of nitrogens with two attached hydrogens (primary N) is 1. The highest BCUT2D eigenvalue weighted by atomic mass is 19.1. The van der Waals surface area contributed by atoms with E-state index in [4.69, 9.17) is 17.6 Å². The van der Waals surface area contributed by atoms with Gasteiger partial charge < -0.3 is 5.73 Å². The van der Waals surface area contributed by atoms with Crippen LogP contribution in [0.3, 0.4) is 0 Å². The van der Waals surface area contributed by atoms with E-state index >= 15 is 0 Å². The van der Waals surface area contributed by atoms with E-state index in [9.17, 15) is 8.78 Å². The van der Waals surface area contributed by atoms with Crippen LogP contribution < -0.4 is 5.73 Å². The van der Waals surface area contributed by atoms with Crippen LogP contribution in [-0.2, 0) is 0 Å². The molecule has 25 heavy (non-hydrogen) atoms. The Labute approximate surface area is 143 Å². The van der Waals surface area contributed by atoms with E-state index in [2.05, 4.69) is 4.85 Å². The Balaban J connectivity index is 2.17. The molecule has 0 spiro atoms. The number of nitrogens with zero attached hydrogens (tertiary/aromatic N) is 2. The lowest BCUT2D eigenvalue weighted by Crippen LogP contribution is -1.97. The first-order valence-corrected chi connectivity index (χ1v) is 7.31. The lowest BCUT2D eigenvalue weighted by atomic mass is 9.95. The summed E-state index contributed by atoms with van der Waals surface area (Å²) in [6, 6.07) is 15.0. The molecule has 0 atom stereocenters. The van der Waals surface area contributed by atoms with E-state index in [1.165, 1.54) is 24.3 Å². The van der Waals surface area contributed by atoms with Crippen molar-refractivity contribution < 1.29 is 8.78 Å². The molecule has 5 heteroatoms. The van der Waals surface area contributed by atoms with Gasteiger partial charge in [0.1, 0.15) is 11.6 Å². The summed E-state index contributed by atoms with van der Waals surface area (Å²) in [6.45, 7) is 6.93. The minimum atomic E-state index is -0.577. The lowest BCUT2D eigenvalue weighted by Gasteiger charge is -2.13. The van der Waals surface area contributed by atoms with Crippen LogP contribution in [-0.4, -0.2) is 0 Å². The summed E-state index contributed by atoms with van der Waals surface area (Å²) in [4.78, 5) is 3.18. The number of benzene rings is 3. The highest BCUT2D eigenvalue weighted by molar-refractivity contribution is 5.89. The number of nitriles is 1. The van der Waals surface area contributed by atoms with E-state index in [0.717, 1.165) is 12.1 Å². The quantitative estimate of drug-likeness (QED) is 0.511. The van der Waals surface area contributed by atoms with Gasteiger partial charge in [0.25, 0.3) is 0 Å². The minimum absolute atomic E-state index is 0.189. The van der Waals surface area contributed by atoms with Gasteiger partial charge in [-0.3, -0.25) is 0 Å². The molecule has 0 saturated heterocycles. The molecule has 0 aliphatic heterocycles. The first-order valence-electron chi connectivity index (χ1n) is 7.31. The number of anilines is 1. The third-order valence-electron chi connectivity index (χ3n) is 3.87. The Hall–Kier alpha value is -3.70. The summed E-state index contributed by atoms with van der Waals surface area (Å²) in [7, 11) is 0. The molecule has 0 bridgehead atoms. The Bertz CT molecular complexity index is 978. The highest BCUT2D eigenvalue weighted by Crippen LogP contribution is 2.37. The van der Waals surface area contributed by atoms with Gasteiger partial charge in [-0.1, -0.05) is 36.4 Å². The number of hydrogen-bond acceptors (Lipinski definition) is 2. The molecule has 0 aliphatic rings. The van der Waals surface area contributed by atoms with Gasteiger partial charge >= 0.3 is 0 Å². The van der Waals surface area contributed by atoms with Crippen LogP contribution in [0.2, 0.25) is 0 Å². The first-order chi connectivity index (χ1) is 12.0. The fourth-order valence-corrected chi connectivity index (χ4v) is 2.63. The van der Waals surface area contributed by atoms with Crippen LogP contribution in [0.25, 0.3) is 27.1 Å². The zero-order chi connectivity index (χ0) is 18.0. The van der Waals surface area contributed by atoms with Crippen LogP contribution in [0, 0.1) is 29.5 Å². The maximum absolute atomic E-state index is 14.3. The molecule has 0 fully saturated rings. The largest absolute Gasteiger partial charge is 0.398 e. The lowest BCUT2D eigenvalue weighted by molar-refractivity contribution is 0.631. The van der Waals surface area contributed by atoms with Gasteiger partial charge in [-0.25, -0.2) is 13.6 Å². The summed E-state index contributed by atoms with van der Waals surface area (Å²) in [5, 5.41) is 8.84. The van der Waals surface area contributed by atoms with Crippen molar-refractivity contribution >= 4 is 11.4 Å². The molecule has 0 aliphatic carbocycles. The molecule has 0 aromatic heterocycles. The van der Waals surface area contributed by atoms with Gasteiger partial charge in [-0.2, -0.15) is 5.26 Å². The van der Waals surface area contributed by atoms with Crippen LogP contribution in [0.1, 0.15) is 5.56 Å². The molecule has 0 heterocycles. The topological polar surface area (TPSA) is 54.2 Å². The van der Waals surface area contributed by atoms with Crippen molar-refractivity contribution in [2.45, 2.75) is 0 Å². The van der Waals surface area contributed by atoms with Crippen molar-refractivity contribution in [3.63, 3.8) is 0 Å². The van der Waals surface area contributed by atoms with Crippen molar-refractivity contribution in [2.24, 2.45) is 0 Å². The van der Waals surface area contributed by atoms with Gasteiger partial charge in [0, 0.05) is 27.9 Å². The second kappa shape index (κ2) is 6.43. The number of nitrogen functional groups attached to an aromatic ring is 1. The number of hydrogen-bond donors (Lipinski definition) is 1. The summed E-state index contributed by atoms with van der Waals surface area (Å²) in [5.41, 5.74) is 8.08. The van der Waals surface area contributed by atoms with E-state index in [0.29, 0.717) is 11.1 Å². The molecule has 0 saturated carbocycles. The fraction of sp³-hybridized carbons (Fsp3) is 0. The Morgan fingerprint density at radius 2 is 1.48 bits per heavy atom. The summed E-state index contributed by atoms with van der Waals surface area (Å²) in [5.74, 6) is -1.15. The molecular weight excluding hydrogens is 320 g/mol. The van der Waals surface area contributed by atoms with Gasteiger partial charge in [0.2, 0.25) is 0 Å². The summed E-state index contributed by atoms with van der Waals surface area (Å²) >= 11 is 0. The molecule has 3 aromatic rings. The molecule has 3 nitrogen and oxygen atoms in total. The molecule has 0 radical (unpaired) electrons. The van der Waals surface area contributed by atoms with Gasteiger partial charge in [0.15, 0.2) is 5.69 Å². The van der Waals surface area contributed by atoms with E-state index < -0.39 is 11.6 Å². The predicted octanol–water partition coefficient (Wildman–Crippen LogP) is 5.30. The smallest absolute Gasteiger partial charge is 0.190 e. The number of halogens is 2. The molecule has 0 unspecified atom stereocenters. The van der Waals surface area contributed by atoms with Crippen LogP contribution in [0.5, 0.6) is 0 Å². The zero-order valence-corrected chi connectivity index (χ0v) is 12.9. The molecule has 3 rings (SSSR count). The highest BCUT2D eigenvalue weighted by Gasteiger charge is 2.15. The number of rotatable bonds is 2. The Morgan fingerprint density at radius 1 is 0.880 bits per heavy atom. The minimum Gasteiger partial charge on any atom is -0.398 e. The SMILES string of the molecule is [C-]#[N+]c1ccc(-c2cccc(-c3ccc(C#N)cc3F)c2N)c(F)c1. The Morgan fingerprint density at radius 3 is 2.00 bits per heavy atom. The normalized spacial score (nSPS) is 10.1.